The third-order valence-corrected chi connectivity index (χ3v) is 3.53. The second-order valence-corrected chi connectivity index (χ2v) is 4.12. The summed E-state index contributed by atoms with van der Waals surface area (Å²) >= 11 is 2.30. The summed E-state index contributed by atoms with van der Waals surface area (Å²) < 4.78 is 14.1. The zero-order valence-corrected chi connectivity index (χ0v) is 8.47. The van der Waals surface area contributed by atoms with Crippen LogP contribution < -0.4 is 0 Å². The van der Waals surface area contributed by atoms with Crippen molar-refractivity contribution in [2.75, 3.05) is 4.43 Å². The lowest BCUT2D eigenvalue weighted by Gasteiger charge is -2.30. The van der Waals surface area contributed by atoms with E-state index >= 15 is 0 Å². The third-order valence-electron chi connectivity index (χ3n) is 2.51. The molecule has 10 heavy (non-hydrogen) atoms. The molecule has 0 amide bonds. The van der Waals surface area contributed by atoms with Crippen molar-refractivity contribution in [3.05, 3.63) is 0 Å². The predicted octanol–water partition coefficient (Wildman–Crippen LogP) is 3.20. The maximum absolute atomic E-state index is 13.1. The third kappa shape index (κ3) is 1.83. The number of rotatable bonds is 1. The Labute approximate surface area is 75.7 Å². The zero-order chi connectivity index (χ0) is 7.56. The van der Waals surface area contributed by atoms with Crippen molar-refractivity contribution < 1.29 is 4.39 Å². The Kier molecular flexibility index (Phi) is 3.40. The molecule has 0 saturated heterocycles. The van der Waals surface area contributed by atoms with E-state index in [4.69, 9.17) is 0 Å². The smallest absolute Gasteiger partial charge is 0.104 e. The van der Waals surface area contributed by atoms with Crippen LogP contribution in [0.1, 0.15) is 26.2 Å². The van der Waals surface area contributed by atoms with E-state index in [0.29, 0.717) is 11.8 Å². The lowest BCUT2D eigenvalue weighted by atomic mass is 9.80. The minimum Gasteiger partial charge on any atom is -0.247 e. The van der Waals surface area contributed by atoms with Gasteiger partial charge < -0.3 is 0 Å². The van der Waals surface area contributed by atoms with Crippen LogP contribution in [0.3, 0.4) is 0 Å². The van der Waals surface area contributed by atoms with Crippen LogP contribution in [0.2, 0.25) is 0 Å². The summed E-state index contributed by atoms with van der Waals surface area (Å²) in [4.78, 5) is 0. The van der Waals surface area contributed by atoms with Crippen molar-refractivity contribution in [3.8, 4) is 0 Å². The fraction of sp³-hybridized carbons (Fsp3) is 1.00. The van der Waals surface area contributed by atoms with E-state index < -0.39 is 6.17 Å². The van der Waals surface area contributed by atoms with Gasteiger partial charge in [0.1, 0.15) is 6.17 Å². The molecule has 1 saturated carbocycles. The van der Waals surface area contributed by atoms with E-state index in [2.05, 4.69) is 29.5 Å². The molecule has 0 N–H and O–H groups in total. The van der Waals surface area contributed by atoms with Crippen LogP contribution in [0.5, 0.6) is 0 Å². The average molecular weight is 256 g/mol. The predicted molar refractivity (Wildman–Crippen MR) is 50.3 cm³/mol. The molecule has 3 atom stereocenters. The summed E-state index contributed by atoms with van der Waals surface area (Å²) in [5.74, 6) is 0.954. The summed E-state index contributed by atoms with van der Waals surface area (Å²) in [5, 5.41) is 0. The Morgan fingerprint density at radius 1 is 1.50 bits per heavy atom. The molecule has 0 radical (unpaired) electrons. The molecule has 0 heterocycles. The fourth-order valence-electron chi connectivity index (χ4n) is 1.67. The molecule has 1 aliphatic rings. The Morgan fingerprint density at radius 2 is 2.20 bits per heavy atom. The maximum atomic E-state index is 13.1. The molecule has 0 aromatic heterocycles. The van der Waals surface area contributed by atoms with Gasteiger partial charge in [0.25, 0.3) is 0 Å². The van der Waals surface area contributed by atoms with Gasteiger partial charge in [-0.25, -0.2) is 4.39 Å². The second-order valence-electron chi connectivity index (χ2n) is 3.24. The standard InChI is InChI=1S/C8H14FI/c1-6-3-2-4-8(9)7(6)5-10/h6-8H,2-5H2,1H3. The summed E-state index contributed by atoms with van der Waals surface area (Å²) in [5.41, 5.74) is 0. The van der Waals surface area contributed by atoms with E-state index in [0.717, 1.165) is 17.3 Å². The first-order chi connectivity index (χ1) is 4.75. The molecular formula is C8H14FI. The van der Waals surface area contributed by atoms with Crippen molar-refractivity contribution in [1.82, 2.24) is 0 Å². The number of hydrogen-bond acceptors (Lipinski definition) is 0. The van der Waals surface area contributed by atoms with Crippen LogP contribution >= 0.6 is 22.6 Å². The van der Waals surface area contributed by atoms with E-state index in [-0.39, 0.29) is 0 Å². The highest BCUT2D eigenvalue weighted by Crippen LogP contribution is 2.33. The fourth-order valence-corrected chi connectivity index (χ4v) is 3.09. The van der Waals surface area contributed by atoms with Crippen molar-refractivity contribution in [3.63, 3.8) is 0 Å². The molecule has 0 aromatic rings. The second kappa shape index (κ2) is 3.88. The monoisotopic (exact) mass is 256 g/mol. The Balaban J connectivity index is 2.45. The van der Waals surface area contributed by atoms with E-state index in [1.165, 1.54) is 6.42 Å². The van der Waals surface area contributed by atoms with Gasteiger partial charge in [0.05, 0.1) is 0 Å². The lowest BCUT2D eigenvalue weighted by Crippen LogP contribution is -2.28. The van der Waals surface area contributed by atoms with Crippen LogP contribution in [0.4, 0.5) is 4.39 Å². The Hall–Kier alpha value is 0.660. The van der Waals surface area contributed by atoms with Crippen LogP contribution in [-0.2, 0) is 0 Å². The first kappa shape index (κ1) is 8.75. The van der Waals surface area contributed by atoms with Crippen molar-refractivity contribution in [2.45, 2.75) is 32.4 Å². The Morgan fingerprint density at radius 3 is 2.60 bits per heavy atom. The number of halogens is 2. The van der Waals surface area contributed by atoms with Crippen LogP contribution in [0.25, 0.3) is 0 Å². The highest BCUT2D eigenvalue weighted by Gasteiger charge is 2.29. The van der Waals surface area contributed by atoms with E-state index in [1.807, 2.05) is 0 Å². The molecule has 1 rings (SSSR count). The largest absolute Gasteiger partial charge is 0.247 e. The molecule has 1 fully saturated rings. The summed E-state index contributed by atoms with van der Waals surface area (Å²) in [6.45, 7) is 2.18. The average Bonchev–Trinajstić information content (AvgIpc) is 1.88. The van der Waals surface area contributed by atoms with Gasteiger partial charge in [-0.2, -0.15) is 0 Å². The normalized spacial score (nSPS) is 41.7. The van der Waals surface area contributed by atoms with Crippen LogP contribution in [0.15, 0.2) is 0 Å². The first-order valence-corrected chi connectivity index (χ1v) is 5.48. The van der Waals surface area contributed by atoms with Gasteiger partial charge in [0.2, 0.25) is 0 Å². The number of hydrogen-bond donors (Lipinski definition) is 0. The van der Waals surface area contributed by atoms with Gasteiger partial charge in [0.15, 0.2) is 0 Å². The van der Waals surface area contributed by atoms with E-state index in [1.54, 1.807) is 0 Å². The summed E-state index contributed by atoms with van der Waals surface area (Å²) in [6.07, 6.45) is 2.61. The highest BCUT2D eigenvalue weighted by atomic mass is 127. The van der Waals surface area contributed by atoms with Gasteiger partial charge in [-0.15, -0.1) is 0 Å². The Bertz CT molecular complexity index is 95.4. The molecule has 3 unspecified atom stereocenters. The highest BCUT2D eigenvalue weighted by molar-refractivity contribution is 14.1. The van der Waals surface area contributed by atoms with Gasteiger partial charge in [-0.3, -0.25) is 0 Å². The summed E-state index contributed by atoms with van der Waals surface area (Å²) in [7, 11) is 0. The van der Waals surface area contributed by atoms with Crippen molar-refractivity contribution >= 4 is 22.6 Å². The molecular weight excluding hydrogens is 242 g/mol. The van der Waals surface area contributed by atoms with Crippen molar-refractivity contribution in [1.29, 1.82) is 0 Å². The van der Waals surface area contributed by atoms with Gasteiger partial charge >= 0.3 is 0 Å². The molecule has 0 aliphatic heterocycles. The molecule has 0 bridgehead atoms. The molecule has 2 heteroatoms. The topological polar surface area (TPSA) is 0 Å². The van der Waals surface area contributed by atoms with Crippen LogP contribution in [-0.4, -0.2) is 10.6 Å². The summed E-state index contributed by atoms with van der Waals surface area (Å²) in [6, 6.07) is 0. The van der Waals surface area contributed by atoms with Gasteiger partial charge in [-0.1, -0.05) is 42.4 Å². The molecule has 0 nitrogen and oxygen atoms in total. The van der Waals surface area contributed by atoms with Crippen molar-refractivity contribution in [2.24, 2.45) is 11.8 Å². The zero-order valence-electron chi connectivity index (χ0n) is 6.32. The minimum atomic E-state index is -0.513. The molecule has 60 valence electrons. The van der Waals surface area contributed by atoms with E-state index in [9.17, 15) is 4.39 Å². The SMILES string of the molecule is CC1CCCC(F)C1CI. The first-order valence-electron chi connectivity index (χ1n) is 3.95. The van der Waals surface area contributed by atoms with Gasteiger partial charge in [0, 0.05) is 10.3 Å². The van der Waals surface area contributed by atoms with Gasteiger partial charge in [-0.05, 0) is 12.3 Å². The lowest BCUT2D eigenvalue weighted by molar-refractivity contribution is 0.135. The maximum Gasteiger partial charge on any atom is 0.104 e. The quantitative estimate of drug-likeness (QED) is 0.499. The molecule has 0 aromatic carbocycles. The number of alkyl halides is 2. The van der Waals surface area contributed by atoms with Crippen LogP contribution in [0, 0.1) is 11.8 Å². The molecule has 1 aliphatic carbocycles. The molecule has 0 spiro atoms. The minimum absolute atomic E-state index is 0.342.